The van der Waals surface area contributed by atoms with Gasteiger partial charge in [-0.3, -0.25) is 4.79 Å². The predicted molar refractivity (Wildman–Crippen MR) is 75.6 cm³/mol. The van der Waals surface area contributed by atoms with E-state index in [4.69, 9.17) is 0 Å². The highest BCUT2D eigenvalue weighted by molar-refractivity contribution is 5.76. The average molecular weight is 263 g/mol. The summed E-state index contributed by atoms with van der Waals surface area (Å²) in [4.78, 5) is 19.4. The first-order valence-electron chi connectivity index (χ1n) is 7.48. The fourth-order valence-corrected chi connectivity index (χ4v) is 2.86. The van der Waals surface area contributed by atoms with Crippen molar-refractivity contribution < 1.29 is 4.79 Å². The molecule has 0 saturated heterocycles. The van der Waals surface area contributed by atoms with Crippen molar-refractivity contribution >= 4 is 5.91 Å². The Kier molecular flexibility index (Phi) is 5.00. The average Bonchev–Trinajstić information content (AvgIpc) is 2.87. The summed E-state index contributed by atoms with van der Waals surface area (Å²) in [7, 11) is 0. The van der Waals surface area contributed by atoms with Crippen molar-refractivity contribution in [1.82, 2.24) is 15.3 Å². The molecule has 1 saturated carbocycles. The Hall–Kier alpha value is -1.32. The minimum atomic E-state index is 0.160. The third-order valence-electron chi connectivity index (χ3n) is 4.25. The Morgan fingerprint density at radius 2 is 2.26 bits per heavy atom. The van der Waals surface area contributed by atoms with Crippen molar-refractivity contribution in [2.45, 2.75) is 58.9 Å². The Labute approximate surface area is 115 Å². The molecular weight excluding hydrogens is 238 g/mol. The summed E-state index contributed by atoms with van der Waals surface area (Å²) in [5, 5.41) is 2.97. The standard InChI is InChI=1S/C15H25N3O/c1-3-13-9-16-14(18-13)10-17-15(19)8-12-7-5-4-6-11(12)2/h9,11-12H,3-8,10H2,1-2H3,(H,16,18)(H,17,19). The predicted octanol–water partition coefficient (Wildman–Crippen LogP) is 2.80. The van der Waals surface area contributed by atoms with E-state index in [1.165, 1.54) is 25.7 Å². The van der Waals surface area contributed by atoms with Crippen LogP contribution in [0.5, 0.6) is 0 Å². The van der Waals surface area contributed by atoms with Crippen molar-refractivity contribution in [3.63, 3.8) is 0 Å². The second kappa shape index (κ2) is 6.73. The largest absolute Gasteiger partial charge is 0.349 e. The van der Waals surface area contributed by atoms with Gasteiger partial charge in [-0.1, -0.05) is 33.1 Å². The first-order chi connectivity index (χ1) is 9.19. The number of nitrogens with zero attached hydrogens (tertiary/aromatic N) is 1. The third-order valence-corrected chi connectivity index (χ3v) is 4.25. The molecular formula is C15H25N3O. The minimum absolute atomic E-state index is 0.160. The van der Waals surface area contributed by atoms with E-state index >= 15 is 0 Å². The van der Waals surface area contributed by atoms with Crippen LogP contribution in [0.25, 0.3) is 0 Å². The second-order valence-electron chi connectivity index (χ2n) is 5.71. The first-order valence-corrected chi connectivity index (χ1v) is 7.48. The van der Waals surface area contributed by atoms with Crippen LogP contribution >= 0.6 is 0 Å². The van der Waals surface area contributed by atoms with Crippen molar-refractivity contribution in [2.75, 3.05) is 0 Å². The highest BCUT2D eigenvalue weighted by atomic mass is 16.1. The molecule has 2 N–H and O–H groups in total. The summed E-state index contributed by atoms with van der Waals surface area (Å²) in [6.07, 6.45) is 8.53. The van der Waals surface area contributed by atoms with Gasteiger partial charge in [-0.15, -0.1) is 0 Å². The highest BCUT2D eigenvalue weighted by Crippen LogP contribution is 2.31. The summed E-state index contributed by atoms with van der Waals surface area (Å²) in [5.74, 6) is 2.27. The smallest absolute Gasteiger partial charge is 0.220 e. The van der Waals surface area contributed by atoms with Crippen LogP contribution in [0.3, 0.4) is 0 Å². The summed E-state index contributed by atoms with van der Waals surface area (Å²) in [6.45, 7) is 4.87. The van der Waals surface area contributed by atoms with Crippen LogP contribution in [-0.2, 0) is 17.8 Å². The molecule has 106 valence electrons. The van der Waals surface area contributed by atoms with E-state index in [1.54, 1.807) is 0 Å². The molecule has 4 nitrogen and oxygen atoms in total. The van der Waals surface area contributed by atoms with Crippen LogP contribution in [0, 0.1) is 11.8 Å². The lowest BCUT2D eigenvalue weighted by Gasteiger charge is -2.28. The van der Waals surface area contributed by atoms with Gasteiger partial charge < -0.3 is 10.3 Å². The number of nitrogens with one attached hydrogen (secondary N) is 2. The Balaban J connectivity index is 1.74. The maximum Gasteiger partial charge on any atom is 0.220 e. The summed E-state index contributed by atoms with van der Waals surface area (Å²) in [6, 6.07) is 0. The second-order valence-corrected chi connectivity index (χ2v) is 5.71. The van der Waals surface area contributed by atoms with E-state index in [-0.39, 0.29) is 5.91 Å². The van der Waals surface area contributed by atoms with Crippen molar-refractivity contribution in [1.29, 1.82) is 0 Å². The molecule has 1 heterocycles. The molecule has 1 aliphatic rings. The quantitative estimate of drug-likeness (QED) is 0.858. The van der Waals surface area contributed by atoms with Crippen LogP contribution in [0.15, 0.2) is 6.20 Å². The van der Waals surface area contributed by atoms with Crippen LogP contribution in [0.4, 0.5) is 0 Å². The van der Waals surface area contributed by atoms with E-state index in [2.05, 4.69) is 29.1 Å². The minimum Gasteiger partial charge on any atom is -0.349 e. The van der Waals surface area contributed by atoms with Crippen molar-refractivity contribution in [3.8, 4) is 0 Å². The maximum atomic E-state index is 12.0. The number of carbonyl (C=O) groups is 1. The summed E-state index contributed by atoms with van der Waals surface area (Å²) < 4.78 is 0. The van der Waals surface area contributed by atoms with Gasteiger partial charge in [0, 0.05) is 18.3 Å². The zero-order valence-electron chi connectivity index (χ0n) is 12.0. The zero-order chi connectivity index (χ0) is 13.7. The molecule has 19 heavy (non-hydrogen) atoms. The van der Waals surface area contributed by atoms with Crippen LogP contribution < -0.4 is 5.32 Å². The van der Waals surface area contributed by atoms with Gasteiger partial charge in [0.2, 0.25) is 5.91 Å². The molecule has 0 bridgehead atoms. The number of hydrogen-bond donors (Lipinski definition) is 2. The van der Waals surface area contributed by atoms with Gasteiger partial charge in [0.15, 0.2) is 0 Å². The lowest BCUT2D eigenvalue weighted by atomic mass is 9.78. The lowest BCUT2D eigenvalue weighted by molar-refractivity contribution is -0.122. The molecule has 0 aliphatic heterocycles. The van der Waals surface area contributed by atoms with E-state index in [0.717, 1.165) is 17.9 Å². The Morgan fingerprint density at radius 3 is 2.95 bits per heavy atom. The molecule has 1 aliphatic carbocycles. The van der Waals surface area contributed by atoms with E-state index < -0.39 is 0 Å². The molecule has 0 radical (unpaired) electrons. The van der Waals surface area contributed by atoms with E-state index in [1.807, 2.05) is 6.20 Å². The SMILES string of the molecule is CCc1cnc(CNC(=O)CC2CCCCC2C)[nH]1. The number of imidazole rings is 1. The molecule has 2 rings (SSSR count). The topological polar surface area (TPSA) is 57.8 Å². The maximum absolute atomic E-state index is 12.0. The van der Waals surface area contributed by atoms with Gasteiger partial charge in [-0.05, 0) is 24.7 Å². The summed E-state index contributed by atoms with van der Waals surface area (Å²) >= 11 is 0. The number of H-pyrrole nitrogens is 1. The first kappa shape index (κ1) is 14.1. The number of rotatable bonds is 5. The van der Waals surface area contributed by atoms with Gasteiger partial charge in [-0.2, -0.15) is 0 Å². The molecule has 1 fully saturated rings. The van der Waals surface area contributed by atoms with Gasteiger partial charge in [-0.25, -0.2) is 4.98 Å². The van der Waals surface area contributed by atoms with Gasteiger partial charge in [0.1, 0.15) is 5.82 Å². The normalized spacial score (nSPS) is 23.3. The van der Waals surface area contributed by atoms with Crippen molar-refractivity contribution in [3.05, 3.63) is 17.7 Å². The molecule has 2 atom stereocenters. The zero-order valence-corrected chi connectivity index (χ0v) is 12.0. The van der Waals surface area contributed by atoms with Gasteiger partial charge >= 0.3 is 0 Å². The van der Waals surface area contributed by atoms with Crippen molar-refractivity contribution in [2.24, 2.45) is 11.8 Å². The number of amides is 1. The lowest BCUT2D eigenvalue weighted by Crippen LogP contribution is -2.28. The van der Waals surface area contributed by atoms with Gasteiger partial charge in [0.05, 0.1) is 6.54 Å². The number of aromatic amines is 1. The molecule has 1 aromatic heterocycles. The monoisotopic (exact) mass is 263 g/mol. The number of carbonyl (C=O) groups excluding carboxylic acids is 1. The molecule has 0 spiro atoms. The fourth-order valence-electron chi connectivity index (χ4n) is 2.86. The van der Waals surface area contributed by atoms with E-state index in [9.17, 15) is 4.79 Å². The Morgan fingerprint density at radius 1 is 1.47 bits per heavy atom. The number of aryl methyl sites for hydroxylation is 1. The highest BCUT2D eigenvalue weighted by Gasteiger charge is 2.23. The number of aromatic nitrogens is 2. The number of hydrogen-bond acceptors (Lipinski definition) is 2. The third kappa shape index (κ3) is 4.08. The van der Waals surface area contributed by atoms with E-state index in [0.29, 0.717) is 24.8 Å². The molecule has 4 heteroatoms. The van der Waals surface area contributed by atoms with Crippen LogP contribution in [-0.4, -0.2) is 15.9 Å². The Bertz CT molecular complexity index is 413. The van der Waals surface area contributed by atoms with Gasteiger partial charge in [0.25, 0.3) is 0 Å². The fraction of sp³-hybridized carbons (Fsp3) is 0.733. The van der Waals surface area contributed by atoms with Crippen LogP contribution in [0.2, 0.25) is 0 Å². The molecule has 0 aromatic carbocycles. The molecule has 1 amide bonds. The summed E-state index contributed by atoms with van der Waals surface area (Å²) in [5.41, 5.74) is 1.12. The molecule has 2 unspecified atom stereocenters. The molecule has 1 aromatic rings. The van der Waals surface area contributed by atoms with Crippen LogP contribution in [0.1, 0.15) is 57.5 Å².